The van der Waals surface area contributed by atoms with Crippen molar-refractivity contribution in [3.63, 3.8) is 0 Å². The zero-order chi connectivity index (χ0) is 13.1. The molecule has 98 valence electrons. The van der Waals surface area contributed by atoms with Crippen molar-refractivity contribution in [2.45, 2.75) is 19.4 Å². The first-order chi connectivity index (χ1) is 8.65. The molecular formula is C13H17BrN2O2. The number of nitrogens with one attached hydrogen (secondary N) is 1. The number of anilines is 1. The third kappa shape index (κ3) is 2.67. The summed E-state index contributed by atoms with van der Waals surface area (Å²) in [4.78, 5) is 13.8. The Balaban J connectivity index is 2.26. The van der Waals surface area contributed by atoms with E-state index < -0.39 is 0 Å². The summed E-state index contributed by atoms with van der Waals surface area (Å²) >= 11 is 3.43. The van der Waals surface area contributed by atoms with Gasteiger partial charge >= 0.3 is 0 Å². The van der Waals surface area contributed by atoms with Crippen molar-refractivity contribution in [2.75, 3.05) is 25.1 Å². The van der Waals surface area contributed by atoms with Crippen LogP contribution in [0.3, 0.4) is 0 Å². The maximum absolute atomic E-state index is 12.1. The molecule has 1 fully saturated rings. The van der Waals surface area contributed by atoms with Crippen LogP contribution in [0.25, 0.3) is 0 Å². The normalized spacial score (nSPS) is 19.4. The Morgan fingerprint density at radius 3 is 3.00 bits per heavy atom. The largest absolute Gasteiger partial charge is 0.495 e. The summed E-state index contributed by atoms with van der Waals surface area (Å²) < 4.78 is 6.26. The lowest BCUT2D eigenvalue weighted by molar-refractivity contribution is -0.117. The number of hydrogen-bond donors (Lipinski definition) is 1. The molecule has 1 aromatic rings. The van der Waals surface area contributed by atoms with Crippen LogP contribution in [-0.2, 0) is 4.79 Å². The van der Waals surface area contributed by atoms with E-state index >= 15 is 0 Å². The molecule has 0 aromatic heterocycles. The maximum Gasteiger partial charge on any atom is 0.228 e. The van der Waals surface area contributed by atoms with Crippen LogP contribution in [0.15, 0.2) is 22.7 Å². The fraction of sp³-hybridized carbons (Fsp3) is 0.462. The second-order valence-electron chi connectivity index (χ2n) is 4.28. The van der Waals surface area contributed by atoms with Crippen molar-refractivity contribution in [3.05, 3.63) is 22.7 Å². The Bertz CT molecular complexity index is 451. The zero-order valence-electron chi connectivity index (χ0n) is 10.6. The highest BCUT2D eigenvalue weighted by molar-refractivity contribution is 9.10. The summed E-state index contributed by atoms with van der Waals surface area (Å²) in [5, 5.41) is 3.31. The average molecular weight is 313 g/mol. The van der Waals surface area contributed by atoms with E-state index in [9.17, 15) is 4.79 Å². The van der Waals surface area contributed by atoms with E-state index in [1.807, 2.05) is 25.1 Å². The quantitative estimate of drug-likeness (QED) is 0.926. The van der Waals surface area contributed by atoms with Crippen LogP contribution in [0.4, 0.5) is 5.69 Å². The number of rotatable bonds is 4. The molecule has 1 aliphatic rings. The smallest absolute Gasteiger partial charge is 0.228 e. The van der Waals surface area contributed by atoms with Gasteiger partial charge in [0.2, 0.25) is 5.91 Å². The minimum Gasteiger partial charge on any atom is -0.495 e. The SMILES string of the molecule is CCNC1CC(=O)N(c2cc(Br)ccc2OC)C1. The van der Waals surface area contributed by atoms with Gasteiger partial charge in [-0.15, -0.1) is 0 Å². The van der Waals surface area contributed by atoms with Gasteiger partial charge in [0.05, 0.1) is 12.8 Å². The lowest BCUT2D eigenvalue weighted by Crippen LogP contribution is -2.32. The molecule has 0 radical (unpaired) electrons. The second-order valence-corrected chi connectivity index (χ2v) is 5.19. The van der Waals surface area contributed by atoms with Crippen LogP contribution < -0.4 is 15.0 Å². The van der Waals surface area contributed by atoms with Gasteiger partial charge in [0.15, 0.2) is 0 Å². The second kappa shape index (κ2) is 5.71. The van der Waals surface area contributed by atoms with E-state index in [-0.39, 0.29) is 11.9 Å². The molecule has 1 saturated heterocycles. The number of halogens is 1. The monoisotopic (exact) mass is 312 g/mol. The molecule has 1 heterocycles. The fourth-order valence-electron chi connectivity index (χ4n) is 2.24. The van der Waals surface area contributed by atoms with Gasteiger partial charge in [0.25, 0.3) is 0 Å². The Labute approximate surface area is 115 Å². The highest BCUT2D eigenvalue weighted by Crippen LogP contribution is 2.33. The molecule has 0 bridgehead atoms. The summed E-state index contributed by atoms with van der Waals surface area (Å²) in [5.74, 6) is 0.862. The van der Waals surface area contributed by atoms with Gasteiger partial charge in [-0.1, -0.05) is 22.9 Å². The van der Waals surface area contributed by atoms with E-state index in [4.69, 9.17) is 4.74 Å². The summed E-state index contributed by atoms with van der Waals surface area (Å²) in [6.07, 6.45) is 0.545. The number of amides is 1. The van der Waals surface area contributed by atoms with Gasteiger partial charge in [0.1, 0.15) is 5.75 Å². The molecular weight excluding hydrogens is 296 g/mol. The van der Waals surface area contributed by atoms with Crippen molar-refractivity contribution in [1.29, 1.82) is 0 Å². The van der Waals surface area contributed by atoms with Gasteiger partial charge < -0.3 is 15.0 Å². The van der Waals surface area contributed by atoms with Crippen LogP contribution >= 0.6 is 15.9 Å². The topological polar surface area (TPSA) is 41.6 Å². The van der Waals surface area contributed by atoms with Crippen molar-refractivity contribution >= 4 is 27.5 Å². The molecule has 1 aliphatic heterocycles. The van der Waals surface area contributed by atoms with Crippen LogP contribution in [0.2, 0.25) is 0 Å². The first-order valence-corrected chi connectivity index (χ1v) is 6.82. The molecule has 1 N–H and O–H groups in total. The standard InChI is InChI=1S/C13H17BrN2O2/c1-3-15-10-7-13(17)16(8-10)11-6-9(14)4-5-12(11)18-2/h4-6,10,15H,3,7-8H2,1-2H3. The first-order valence-electron chi connectivity index (χ1n) is 6.03. The van der Waals surface area contributed by atoms with Crippen LogP contribution in [0.5, 0.6) is 5.75 Å². The molecule has 1 aromatic carbocycles. The van der Waals surface area contributed by atoms with Gasteiger partial charge in [-0.3, -0.25) is 4.79 Å². The minimum absolute atomic E-state index is 0.136. The van der Waals surface area contributed by atoms with E-state index in [0.29, 0.717) is 13.0 Å². The average Bonchev–Trinajstić information content (AvgIpc) is 2.70. The van der Waals surface area contributed by atoms with Crippen molar-refractivity contribution in [2.24, 2.45) is 0 Å². The molecule has 0 saturated carbocycles. The lowest BCUT2D eigenvalue weighted by Gasteiger charge is -2.20. The number of methoxy groups -OCH3 is 1. The third-order valence-electron chi connectivity index (χ3n) is 3.05. The molecule has 18 heavy (non-hydrogen) atoms. The Morgan fingerprint density at radius 2 is 2.33 bits per heavy atom. The lowest BCUT2D eigenvalue weighted by atomic mass is 10.2. The summed E-state index contributed by atoms with van der Waals surface area (Å²) in [6.45, 7) is 3.62. The van der Waals surface area contributed by atoms with E-state index in [1.54, 1.807) is 12.0 Å². The molecule has 1 atom stereocenters. The summed E-state index contributed by atoms with van der Waals surface area (Å²) in [5.41, 5.74) is 0.831. The van der Waals surface area contributed by atoms with Gasteiger partial charge in [-0.2, -0.15) is 0 Å². The molecule has 5 heteroatoms. The Kier molecular flexibility index (Phi) is 4.24. The Morgan fingerprint density at radius 1 is 1.56 bits per heavy atom. The van der Waals surface area contributed by atoms with Gasteiger partial charge in [-0.05, 0) is 24.7 Å². The number of carbonyl (C=O) groups is 1. The number of benzene rings is 1. The molecule has 0 aliphatic carbocycles. The van der Waals surface area contributed by atoms with Crippen molar-refractivity contribution in [3.8, 4) is 5.75 Å². The maximum atomic E-state index is 12.1. The van der Waals surface area contributed by atoms with E-state index in [1.165, 1.54) is 0 Å². The number of nitrogens with zero attached hydrogens (tertiary/aromatic N) is 1. The van der Waals surface area contributed by atoms with Crippen molar-refractivity contribution in [1.82, 2.24) is 5.32 Å². The predicted molar refractivity (Wildman–Crippen MR) is 75.1 cm³/mol. The third-order valence-corrected chi connectivity index (χ3v) is 3.54. The summed E-state index contributed by atoms with van der Waals surface area (Å²) in [7, 11) is 1.62. The Hall–Kier alpha value is -1.07. The van der Waals surface area contributed by atoms with Crippen LogP contribution in [0.1, 0.15) is 13.3 Å². The van der Waals surface area contributed by atoms with Crippen LogP contribution in [-0.4, -0.2) is 32.1 Å². The molecule has 0 spiro atoms. The van der Waals surface area contributed by atoms with Crippen LogP contribution in [0, 0.1) is 0 Å². The number of likely N-dealkylation sites (N-methyl/N-ethyl adjacent to an activating group) is 1. The summed E-state index contributed by atoms with van der Waals surface area (Å²) in [6, 6.07) is 5.93. The number of ether oxygens (including phenoxy) is 1. The zero-order valence-corrected chi connectivity index (χ0v) is 12.2. The molecule has 4 nitrogen and oxygen atoms in total. The fourth-order valence-corrected chi connectivity index (χ4v) is 2.59. The van der Waals surface area contributed by atoms with Crippen molar-refractivity contribution < 1.29 is 9.53 Å². The predicted octanol–water partition coefficient (Wildman–Crippen LogP) is 2.17. The minimum atomic E-state index is 0.136. The first kappa shape index (κ1) is 13.4. The van der Waals surface area contributed by atoms with E-state index in [2.05, 4.69) is 21.2 Å². The molecule has 2 rings (SSSR count). The van der Waals surface area contributed by atoms with E-state index in [0.717, 1.165) is 22.5 Å². The molecule has 1 amide bonds. The number of hydrogen-bond acceptors (Lipinski definition) is 3. The van der Waals surface area contributed by atoms with Gasteiger partial charge in [-0.25, -0.2) is 0 Å². The highest BCUT2D eigenvalue weighted by Gasteiger charge is 2.31. The number of carbonyl (C=O) groups excluding carboxylic acids is 1. The van der Waals surface area contributed by atoms with Gasteiger partial charge in [0, 0.05) is 23.5 Å². The highest BCUT2D eigenvalue weighted by atomic mass is 79.9. The molecule has 1 unspecified atom stereocenters.